The van der Waals surface area contributed by atoms with Crippen molar-refractivity contribution in [3.05, 3.63) is 42.0 Å². The van der Waals surface area contributed by atoms with Crippen LogP contribution in [0.25, 0.3) is 5.69 Å². The van der Waals surface area contributed by atoms with Gasteiger partial charge in [-0.2, -0.15) is 5.10 Å². The predicted molar refractivity (Wildman–Crippen MR) is 65.9 cm³/mol. The van der Waals surface area contributed by atoms with E-state index in [4.69, 9.17) is 5.73 Å². The van der Waals surface area contributed by atoms with E-state index in [1.165, 1.54) is 18.5 Å². The molecule has 1 aliphatic carbocycles. The zero-order valence-electron chi connectivity index (χ0n) is 9.87. The fourth-order valence-electron chi connectivity index (χ4n) is 1.88. The molecule has 4 heteroatoms. The van der Waals surface area contributed by atoms with Crippen LogP contribution >= 0.6 is 0 Å². The first-order valence-corrected chi connectivity index (χ1v) is 6.01. The minimum atomic E-state index is -0.0244. The van der Waals surface area contributed by atoms with Crippen molar-refractivity contribution in [2.24, 2.45) is 5.73 Å². The van der Waals surface area contributed by atoms with Crippen molar-refractivity contribution in [1.82, 2.24) is 14.8 Å². The van der Waals surface area contributed by atoms with Crippen LogP contribution in [0, 0.1) is 0 Å². The van der Waals surface area contributed by atoms with E-state index in [0.29, 0.717) is 5.92 Å². The quantitative estimate of drug-likeness (QED) is 0.875. The first-order valence-electron chi connectivity index (χ1n) is 6.01. The highest BCUT2D eigenvalue weighted by atomic mass is 15.3. The second-order valence-electron chi connectivity index (χ2n) is 4.69. The van der Waals surface area contributed by atoms with Crippen molar-refractivity contribution in [1.29, 1.82) is 0 Å². The third-order valence-electron chi connectivity index (χ3n) is 3.11. The molecular weight excluding hydrogens is 212 g/mol. The van der Waals surface area contributed by atoms with Crippen molar-refractivity contribution < 1.29 is 0 Å². The van der Waals surface area contributed by atoms with Gasteiger partial charge in [0.15, 0.2) is 0 Å². The lowest BCUT2D eigenvalue weighted by molar-refractivity contribution is 0.772. The molecule has 1 saturated carbocycles. The van der Waals surface area contributed by atoms with E-state index in [0.717, 1.165) is 11.4 Å². The molecule has 0 bridgehead atoms. The number of nitrogens with two attached hydrogens (primary N) is 1. The van der Waals surface area contributed by atoms with E-state index in [9.17, 15) is 0 Å². The number of pyridine rings is 1. The molecule has 4 nitrogen and oxygen atoms in total. The van der Waals surface area contributed by atoms with Gasteiger partial charge in [-0.05, 0) is 38.0 Å². The second kappa shape index (κ2) is 3.96. The molecule has 0 aliphatic heterocycles. The van der Waals surface area contributed by atoms with Gasteiger partial charge in [-0.25, -0.2) is 4.68 Å². The summed E-state index contributed by atoms with van der Waals surface area (Å²) in [7, 11) is 0. The van der Waals surface area contributed by atoms with Crippen LogP contribution in [-0.4, -0.2) is 14.8 Å². The van der Waals surface area contributed by atoms with Crippen molar-refractivity contribution in [3.8, 4) is 5.69 Å². The van der Waals surface area contributed by atoms with Crippen LogP contribution in [0.3, 0.4) is 0 Å². The van der Waals surface area contributed by atoms with E-state index in [1.54, 1.807) is 0 Å². The van der Waals surface area contributed by atoms with Gasteiger partial charge < -0.3 is 5.73 Å². The Hall–Kier alpha value is -1.68. The summed E-state index contributed by atoms with van der Waals surface area (Å²) in [4.78, 5) is 4.34. The molecule has 2 heterocycles. The summed E-state index contributed by atoms with van der Waals surface area (Å²) in [6.45, 7) is 1.93. The van der Waals surface area contributed by atoms with Gasteiger partial charge in [-0.3, -0.25) is 4.98 Å². The third-order valence-corrected chi connectivity index (χ3v) is 3.11. The molecule has 2 N–H and O–H groups in total. The third kappa shape index (κ3) is 2.08. The van der Waals surface area contributed by atoms with Crippen molar-refractivity contribution in [2.45, 2.75) is 31.7 Å². The second-order valence-corrected chi connectivity index (χ2v) is 4.69. The summed E-state index contributed by atoms with van der Waals surface area (Å²) in [5, 5.41) is 4.56. The molecule has 1 atom stereocenters. The number of rotatable bonds is 3. The Balaban J connectivity index is 1.86. The van der Waals surface area contributed by atoms with Crippen LogP contribution in [0.4, 0.5) is 0 Å². The molecule has 88 valence electrons. The molecule has 0 spiro atoms. The smallest absolute Gasteiger partial charge is 0.0829 e. The Morgan fingerprint density at radius 1 is 1.35 bits per heavy atom. The van der Waals surface area contributed by atoms with Gasteiger partial charge in [0.1, 0.15) is 0 Å². The van der Waals surface area contributed by atoms with E-state index in [-0.39, 0.29) is 6.04 Å². The van der Waals surface area contributed by atoms with Crippen LogP contribution in [-0.2, 0) is 0 Å². The lowest BCUT2D eigenvalue weighted by Gasteiger charge is -2.05. The van der Waals surface area contributed by atoms with Crippen molar-refractivity contribution >= 4 is 0 Å². The van der Waals surface area contributed by atoms with Gasteiger partial charge in [0.05, 0.1) is 23.3 Å². The molecule has 1 aliphatic rings. The Morgan fingerprint density at radius 3 is 2.76 bits per heavy atom. The highest BCUT2D eigenvalue weighted by Gasteiger charge is 2.25. The maximum absolute atomic E-state index is 5.77. The molecule has 17 heavy (non-hydrogen) atoms. The number of aromatic nitrogens is 3. The summed E-state index contributed by atoms with van der Waals surface area (Å²) < 4.78 is 1.88. The minimum absolute atomic E-state index is 0.0244. The first kappa shape index (κ1) is 10.5. The lowest BCUT2D eigenvalue weighted by atomic mass is 10.2. The molecular formula is C13H16N4. The van der Waals surface area contributed by atoms with Gasteiger partial charge in [0.25, 0.3) is 0 Å². The first-order chi connectivity index (χ1) is 8.24. The fraction of sp³-hybridized carbons (Fsp3) is 0.385. The minimum Gasteiger partial charge on any atom is -0.323 e. The van der Waals surface area contributed by atoms with Crippen LogP contribution in [0.5, 0.6) is 0 Å². The number of hydrogen-bond acceptors (Lipinski definition) is 3. The SMILES string of the molecule is CC(N)c1ccc(-n2ccc(C3CC3)n2)cn1. The topological polar surface area (TPSA) is 56.7 Å². The largest absolute Gasteiger partial charge is 0.323 e. The standard InChI is InChI=1S/C13H16N4/c1-9(14)12-5-4-11(8-15-12)17-7-6-13(16-17)10-2-3-10/h4-10H,2-3,14H2,1H3. The normalized spacial score (nSPS) is 17.1. The molecule has 0 aromatic carbocycles. The van der Waals surface area contributed by atoms with Gasteiger partial charge in [-0.15, -0.1) is 0 Å². The van der Waals surface area contributed by atoms with Crippen molar-refractivity contribution in [2.75, 3.05) is 0 Å². The maximum Gasteiger partial charge on any atom is 0.0829 e. The molecule has 2 aromatic rings. The Labute approximate surface area is 100 Å². The van der Waals surface area contributed by atoms with Crippen LogP contribution in [0.1, 0.15) is 43.1 Å². The van der Waals surface area contributed by atoms with Crippen molar-refractivity contribution in [3.63, 3.8) is 0 Å². The lowest BCUT2D eigenvalue weighted by Crippen LogP contribution is -2.07. The molecule has 1 unspecified atom stereocenters. The molecule has 1 fully saturated rings. The van der Waals surface area contributed by atoms with E-state index >= 15 is 0 Å². The summed E-state index contributed by atoms with van der Waals surface area (Å²) in [5.41, 5.74) is 8.86. The molecule has 0 amide bonds. The average molecular weight is 228 g/mol. The number of hydrogen-bond donors (Lipinski definition) is 1. The van der Waals surface area contributed by atoms with E-state index in [1.807, 2.05) is 36.1 Å². The van der Waals surface area contributed by atoms with Crippen LogP contribution in [0.15, 0.2) is 30.6 Å². The van der Waals surface area contributed by atoms with E-state index < -0.39 is 0 Å². The fourth-order valence-corrected chi connectivity index (χ4v) is 1.88. The van der Waals surface area contributed by atoms with E-state index in [2.05, 4.69) is 16.1 Å². The molecule has 0 saturated heterocycles. The summed E-state index contributed by atoms with van der Waals surface area (Å²) >= 11 is 0. The van der Waals surface area contributed by atoms with Gasteiger partial charge in [0.2, 0.25) is 0 Å². The van der Waals surface area contributed by atoms with Crippen LogP contribution < -0.4 is 5.73 Å². The highest BCUT2D eigenvalue weighted by molar-refractivity contribution is 5.30. The zero-order valence-corrected chi connectivity index (χ0v) is 9.87. The Kier molecular flexibility index (Phi) is 2.44. The van der Waals surface area contributed by atoms with Gasteiger partial charge >= 0.3 is 0 Å². The zero-order chi connectivity index (χ0) is 11.8. The Morgan fingerprint density at radius 2 is 2.18 bits per heavy atom. The van der Waals surface area contributed by atoms with Crippen LogP contribution in [0.2, 0.25) is 0 Å². The molecule has 2 aromatic heterocycles. The highest BCUT2D eigenvalue weighted by Crippen LogP contribution is 2.38. The molecule has 0 radical (unpaired) electrons. The summed E-state index contributed by atoms with van der Waals surface area (Å²) in [6.07, 6.45) is 6.37. The molecule has 3 rings (SSSR count). The predicted octanol–water partition coefficient (Wildman–Crippen LogP) is 2.16. The maximum atomic E-state index is 5.77. The van der Waals surface area contributed by atoms with Gasteiger partial charge in [-0.1, -0.05) is 0 Å². The average Bonchev–Trinajstić information content (AvgIpc) is 3.07. The monoisotopic (exact) mass is 228 g/mol. The summed E-state index contributed by atoms with van der Waals surface area (Å²) in [5.74, 6) is 0.688. The summed E-state index contributed by atoms with van der Waals surface area (Å²) in [6, 6.07) is 6.04. The van der Waals surface area contributed by atoms with Gasteiger partial charge in [0, 0.05) is 18.2 Å². The Bertz CT molecular complexity index is 508. The number of nitrogens with zero attached hydrogens (tertiary/aromatic N) is 3.